The van der Waals surface area contributed by atoms with Crippen LogP contribution < -0.4 is 15.5 Å². The Balaban J connectivity index is 1.56. The number of nitrogens with one attached hydrogen (secondary N) is 2. The van der Waals surface area contributed by atoms with Crippen molar-refractivity contribution in [1.82, 2.24) is 10.2 Å². The van der Waals surface area contributed by atoms with E-state index in [1.54, 1.807) is 18.2 Å². The van der Waals surface area contributed by atoms with E-state index in [1.165, 1.54) is 12.1 Å². The minimum atomic E-state index is -0.730. The maximum Gasteiger partial charge on any atom is 0.329 e. The number of aryl methyl sites for hydroxylation is 1. The van der Waals surface area contributed by atoms with Crippen molar-refractivity contribution in [1.29, 1.82) is 0 Å². The number of hydrogen-bond donors (Lipinski definition) is 2. The number of fused-ring (bicyclic) bond motifs is 1. The zero-order valence-electron chi connectivity index (χ0n) is 19.8. The summed E-state index contributed by atoms with van der Waals surface area (Å²) in [4.78, 5) is 40.4. The largest absolute Gasteiger partial charge is 0.365 e. The molecule has 0 atom stereocenters. The Labute approximate surface area is 197 Å². The van der Waals surface area contributed by atoms with Gasteiger partial charge in [0.15, 0.2) is 0 Å². The average molecular weight is 463 g/mol. The molecule has 2 aromatic carbocycles. The first-order valence-corrected chi connectivity index (χ1v) is 10.9. The van der Waals surface area contributed by atoms with E-state index in [4.69, 9.17) is 0 Å². The number of hydrogen-bond acceptors (Lipinski definition) is 4. The zero-order valence-corrected chi connectivity index (χ0v) is 19.8. The predicted octanol–water partition coefficient (Wildman–Crippen LogP) is 4.30. The van der Waals surface area contributed by atoms with E-state index >= 15 is 4.39 Å². The first-order valence-electron chi connectivity index (χ1n) is 10.9. The van der Waals surface area contributed by atoms with Crippen LogP contribution in [0.3, 0.4) is 0 Å². The Kier molecular flexibility index (Phi) is 5.77. The van der Waals surface area contributed by atoms with Crippen molar-refractivity contribution in [3.63, 3.8) is 0 Å². The van der Waals surface area contributed by atoms with Gasteiger partial charge in [-0.25, -0.2) is 14.1 Å². The summed E-state index contributed by atoms with van der Waals surface area (Å²) >= 11 is 0. The molecule has 0 aliphatic carbocycles. The molecule has 2 aliphatic heterocycles. The molecule has 1 fully saturated rings. The molecule has 4 rings (SSSR count). The molecule has 176 valence electrons. The monoisotopic (exact) mass is 462 g/mol. The number of amides is 4. The highest BCUT2D eigenvalue weighted by Crippen LogP contribution is 2.39. The fraction of sp³-hybridized carbons (Fsp3) is 0.269. The van der Waals surface area contributed by atoms with Gasteiger partial charge in [-0.15, -0.1) is 0 Å². The van der Waals surface area contributed by atoms with Crippen LogP contribution in [0.1, 0.15) is 37.5 Å². The summed E-state index contributed by atoms with van der Waals surface area (Å²) in [6.07, 6.45) is 3.41. The quantitative estimate of drug-likeness (QED) is 0.525. The molecule has 2 aromatic rings. The van der Waals surface area contributed by atoms with Crippen molar-refractivity contribution >= 4 is 40.9 Å². The molecular weight excluding hydrogens is 435 g/mol. The smallest absolute Gasteiger partial charge is 0.329 e. The highest BCUT2D eigenvalue weighted by molar-refractivity contribution is 6.16. The van der Waals surface area contributed by atoms with Crippen molar-refractivity contribution in [2.45, 2.75) is 33.2 Å². The number of benzene rings is 2. The summed E-state index contributed by atoms with van der Waals surface area (Å²) in [5.74, 6) is -1.71. The number of imide groups is 1. The summed E-state index contributed by atoms with van der Waals surface area (Å²) in [6.45, 7) is 7.44. The molecular formula is C26H27FN4O3. The molecule has 0 bridgehead atoms. The standard InChI is InChI=1S/C26H27FN4O3/c1-15-8-6-7-9-20(15)28-23(32)14-31-24(33)21(29-25(31)34)11-17-10-18-16(2)13-26(3,4)30(5)22(18)12-19(17)27/h6-13H,14H2,1-5H3,(H,28,32)(H,29,34)/b21-11+. The lowest BCUT2D eigenvalue weighted by Crippen LogP contribution is -2.42. The molecule has 0 saturated carbocycles. The van der Waals surface area contributed by atoms with E-state index < -0.39 is 30.2 Å². The number of urea groups is 1. The minimum absolute atomic E-state index is 0.0846. The van der Waals surface area contributed by atoms with Gasteiger partial charge in [0.25, 0.3) is 5.91 Å². The molecule has 4 amide bonds. The van der Waals surface area contributed by atoms with Gasteiger partial charge >= 0.3 is 6.03 Å². The van der Waals surface area contributed by atoms with E-state index in [-0.39, 0.29) is 16.8 Å². The third-order valence-electron chi connectivity index (χ3n) is 6.32. The van der Waals surface area contributed by atoms with Crippen molar-refractivity contribution in [3.05, 3.63) is 70.7 Å². The van der Waals surface area contributed by atoms with Gasteiger partial charge in [-0.1, -0.05) is 24.3 Å². The molecule has 0 spiro atoms. The second-order valence-electron chi connectivity index (χ2n) is 9.17. The number of anilines is 2. The number of allylic oxidation sites excluding steroid dienone is 1. The second-order valence-corrected chi connectivity index (χ2v) is 9.17. The molecule has 34 heavy (non-hydrogen) atoms. The first-order chi connectivity index (χ1) is 16.0. The molecule has 2 heterocycles. The van der Waals surface area contributed by atoms with Gasteiger partial charge in [0.1, 0.15) is 18.1 Å². The second kappa shape index (κ2) is 8.44. The highest BCUT2D eigenvalue weighted by Gasteiger charge is 2.35. The van der Waals surface area contributed by atoms with Crippen LogP contribution in [-0.2, 0) is 9.59 Å². The van der Waals surface area contributed by atoms with E-state index in [2.05, 4.69) is 16.7 Å². The first kappa shape index (κ1) is 23.2. The van der Waals surface area contributed by atoms with Crippen LogP contribution in [0.15, 0.2) is 48.2 Å². The van der Waals surface area contributed by atoms with Gasteiger partial charge in [-0.05, 0) is 63.1 Å². The van der Waals surface area contributed by atoms with E-state index in [0.29, 0.717) is 5.69 Å². The number of rotatable bonds is 4. The third-order valence-corrected chi connectivity index (χ3v) is 6.32. The van der Waals surface area contributed by atoms with Crippen LogP contribution in [0.2, 0.25) is 0 Å². The van der Waals surface area contributed by atoms with Crippen LogP contribution in [0.25, 0.3) is 11.6 Å². The van der Waals surface area contributed by atoms with Gasteiger partial charge in [-0.3, -0.25) is 9.59 Å². The highest BCUT2D eigenvalue weighted by atomic mass is 19.1. The lowest BCUT2D eigenvalue weighted by molar-refractivity contribution is -0.127. The molecule has 2 N–H and O–H groups in total. The fourth-order valence-corrected chi connectivity index (χ4v) is 4.22. The number of halogens is 1. The van der Waals surface area contributed by atoms with Gasteiger partial charge in [0.05, 0.1) is 5.54 Å². The fourth-order valence-electron chi connectivity index (χ4n) is 4.22. The van der Waals surface area contributed by atoms with E-state index in [1.807, 2.05) is 51.8 Å². The van der Waals surface area contributed by atoms with Crippen molar-refractivity contribution < 1.29 is 18.8 Å². The molecule has 0 radical (unpaired) electrons. The Morgan fingerprint density at radius 1 is 1.18 bits per heavy atom. The molecule has 8 heteroatoms. The molecule has 0 unspecified atom stereocenters. The molecule has 7 nitrogen and oxygen atoms in total. The Morgan fingerprint density at radius 2 is 1.88 bits per heavy atom. The number of carbonyl (C=O) groups is 3. The summed E-state index contributed by atoms with van der Waals surface area (Å²) in [5.41, 5.74) is 3.88. The minimum Gasteiger partial charge on any atom is -0.365 e. The SMILES string of the molecule is CC1=CC(C)(C)N(C)c2cc(F)c(/C=C3/NC(=O)N(CC(=O)Nc4ccccc4C)C3=O)cc21. The Hall–Kier alpha value is -3.94. The van der Waals surface area contributed by atoms with Crippen LogP contribution in [0.5, 0.6) is 0 Å². The van der Waals surface area contributed by atoms with Crippen molar-refractivity contribution in [3.8, 4) is 0 Å². The maximum absolute atomic E-state index is 15.0. The normalized spacial score (nSPS) is 18.1. The lowest BCUT2D eigenvalue weighted by atomic mass is 9.88. The topological polar surface area (TPSA) is 81.8 Å². The summed E-state index contributed by atoms with van der Waals surface area (Å²) in [7, 11) is 1.90. The Bertz CT molecular complexity index is 1280. The van der Waals surface area contributed by atoms with Crippen LogP contribution in [0, 0.1) is 12.7 Å². The predicted molar refractivity (Wildman–Crippen MR) is 131 cm³/mol. The average Bonchev–Trinajstić information content (AvgIpc) is 3.02. The zero-order chi connectivity index (χ0) is 24.8. The van der Waals surface area contributed by atoms with Crippen LogP contribution >= 0.6 is 0 Å². The summed E-state index contributed by atoms with van der Waals surface area (Å²) in [5, 5.41) is 5.15. The molecule has 2 aliphatic rings. The van der Waals surface area contributed by atoms with E-state index in [0.717, 1.165) is 27.3 Å². The number of para-hydroxylation sites is 1. The van der Waals surface area contributed by atoms with Crippen molar-refractivity contribution in [2.75, 3.05) is 23.8 Å². The van der Waals surface area contributed by atoms with Crippen LogP contribution in [0.4, 0.5) is 20.6 Å². The maximum atomic E-state index is 15.0. The van der Waals surface area contributed by atoms with E-state index in [9.17, 15) is 14.4 Å². The molecule has 1 saturated heterocycles. The summed E-state index contributed by atoms with van der Waals surface area (Å²) < 4.78 is 15.0. The van der Waals surface area contributed by atoms with Crippen LogP contribution in [-0.4, -0.2) is 41.9 Å². The number of likely N-dealkylation sites (N-methyl/N-ethyl adjacent to an activating group) is 1. The number of nitrogens with zero attached hydrogens (tertiary/aromatic N) is 2. The molecule has 0 aromatic heterocycles. The van der Waals surface area contributed by atoms with Gasteiger partial charge in [-0.2, -0.15) is 0 Å². The van der Waals surface area contributed by atoms with Gasteiger partial charge < -0.3 is 15.5 Å². The lowest BCUT2D eigenvalue weighted by Gasteiger charge is -2.40. The number of carbonyl (C=O) groups excluding carboxylic acids is 3. The van der Waals surface area contributed by atoms with Gasteiger partial charge in [0.2, 0.25) is 5.91 Å². The Morgan fingerprint density at radius 3 is 2.59 bits per heavy atom. The summed E-state index contributed by atoms with van der Waals surface area (Å²) in [6, 6.07) is 9.57. The third kappa shape index (κ3) is 4.19. The van der Waals surface area contributed by atoms with Crippen molar-refractivity contribution in [2.24, 2.45) is 0 Å². The van der Waals surface area contributed by atoms with Gasteiger partial charge in [0, 0.05) is 29.5 Å².